The molecule has 1 aliphatic carbocycles. The highest BCUT2D eigenvalue weighted by Gasteiger charge is 2.24. The van der Waals surface area contributed by atoms with Gasteiger partial charge in [-0.25, -0.2) is 4.79 Å². The van der Waals surface area contributed by atoms with Crippen molar-refractivity contribution in [1.82, 2.24) is 4.90 Å². The Bertz CT molecular complexity index is 225. The van der Waals surface area contributed by atoms with Gasteiger partial charge in [0.1, 0.15) is 13.2 Å². The van der Waals surface area contributed by atoms with E-state index in [0.717, 1.165) is 6.54 Å². The molecule has 1 rings (SSSR count). The summed E-state index contributed by atoms with van der Waals surface area (Å²) in [6, 6.07) is 0. The predicted octanol–water partition coefficient (Wildman–Crippen LogP) is -0.0440. The monoisotopic (exact) mass is 201 g/mol. The summed E-state index contributed by atoms with van der Waals surface area (Å²) in [6.45, 7) is 0.202. The number of carboxylic acid groups (broad SMARTS) is 1. The minimum Gasteiger partial charge on any atom is -0.480 e. The van der Waals surface area contributed by atoms with Crippen molar-refractivity contribution in [3.8, 4) is 0 Å². The number of carboxylic acids is 1. The molecule has 0 aliphatic heterocycles. The molecular weight excluding hydrogens is 186 g/mol. The fourth-order valence-corrected chi connectivity index (χ4v) is 1.13. The van der Waals surface area contributed by atoms with Crippen LogP contribution in [-0.2, 0) is 14.3 Å². The lowest BCUT2D eigenvalue weighted by Gasteiger charge is -2.16. The van der Waals surface area contributed by atoms with Crippen LogP contribution >= 0.6 is 0 Å². The number of carbonyl (C=O) groups excluding carboxylic acids is 1. The normalized spacial score (nSPS) is 15.2. The van der Waals surface area contributed by atoms with Crippen molar-refractivity contribution in [2.24, 2.45) is 5.92 Å². The van der Waals surface area contributed by atoms with Gasteiger partial charge in [0.25, 0.3) is 0 Å². The highest BCUT2D eigenvalue weighted by atomic mass is 16.5. The second-order valence-electron chi connectivity index (χ2n) is 3.60. The molecule has 0 atom stereocenters. The van der Waals surface area contributed by atoms with Crippen molar-refractivity contribution in [2.75, 3.05) is 26.8 Å². The average molecular weight is 201 g/mol. The van der Waals surface area contributed by atoms with Crippen molar-refractivity contribution in [1.29, 1.82) is 0 Å². The van der Waals surface area contributed by atoms with Gasteiger partial charge in [-0.05, 0) is 18.8 Å². The fraction of sp³-hybridized carbons (Fsp3) is 0.778. The molecule has 1 aliphatic rings. The quantitative estimate of drug-likeness (QED) is 0.654. The molecule has 1 N–H and O–H groups in total. The number of hydrogen-bond acceptors (Lipinski definition) is 3. The van der Waals surface area contributed by atoms with Gasteiger partial charge in [-0.3, -0.25) is 4.79 Å². The molecule has 0 aromatic carbocycles. The molecule has 1 amide bonds. The molecule has 0 unspecified atom stereocenters. The minimum absolute atomic E-state index is 0.143. The number of rotatable bonds is 6. The second kappa shape index (κ2) is 4.95. The first-order chi connectivity index (χ1) is 6.59. The maximum atomic E-state index is 11.3. The van der Waals surface area contributed by atoms with Crippen molar-refractivity contribution in [3.63, 3.8) is 0 Å². The van der Waals surface area contributed by atoms with E-state index in [-0.39, 0.29) is 12.5 Å². The van der Waals surface area contributed by atoms with Crippen molar-refractivity contribution in [2.45, 2.75) is 12.8 Å². The average Bonchev–Trinajstić information content (AvgIpc) is 2.87. The third kappa shape index (κ3) is 4.23. The first-order valence-electron chi connectivity index (χ1n) is 4.63. The predicted molar refractivity (Wildman–Crippen MR) is 48.8 cm³/mol. The molecule has 80 valence electrons. The molecular formula is C9H15NO4. The third-order valence-corrected chi connectivity index (χ3v) is 2.11. The van der Waals surface area contributed by atoms with Gasteiger partial charge in [-0.2, -0.15) is 0 Å². The Kier molecular flexibility index (Phi) is 3.88. The van der Waals surface area contributed by atoms with Gasteiger partial charge in [0, 0.05) is 13.6 Å². The van der Waals surface area contributed by atoms with E-state index in [9.17, 15) is 9.59 Å². The van der Waals surface area contributed by atoms with E-state index in [0.29, 0.717) is 5.92 Å². The van der Waals surface area contributed by atoms with Gasteiger partial charge in [0.05, 0.1) is 0 Å². The smallest absolute Gasteiger partial charge is 0.329 e. The summed E-state index contributed by atoms with van der Waals surface area (Å²) in [6.07, 6.45) is 2.38. The molecule has 0 aromatic heterocycles. The van der Waals surface area contributed by atoms with Crippen molar-refractivity contribution < 1.29 is 19.4 Å². The Labute approximate surface area is 82.6 Å². The molecule has 0 radical (unpaired) electrons. The van der Waals surface area contributed by atoms with Crippen molar-refractivity contribution in [3.05, 3.63) is 0 Å². The van der Waals surface area contributed by atoms with E-state index < -0.39 is 12.6 Å². The Balaban J connectivity index is 2.09. The standard InChI is InChI=1S/C9H15NO4/c1-10(4-7-2-3-7)8(11)5-14-6-9(12)13/h7H,2-6H2,1H3,(H,12,13). The van der Waals surface area contributed by atoms with Crippen LogP contribution in [0, 0.1) is 5.92 Å². The van der Waals surface area contributed by atoms with Crippen LogP contribution in [-0.4, -0.2) is 48.7 Å². The van der Waals surface area contributed by atoms with Crippen molar-refractivity contribution >= 4 is 11.9 Å². The number of ether oxygens (including phenoxy) is 1. The summed E-state index contributed by atoms with van der Waals surface area (Å²) in [5, 5.41) is 8.27. The minimum atomic E-state index is -1.05. The van der Waals surface area contributed by atoms with Crippen LogP contribution in [0.25, 0.3) is 0 Å². The summed E-state index contributed by atoms with van der Waals surface area (Å²) in [4.78, 5) is 23.0. The van der Waals surface area contributed by atoms with E-state index in [1.807, 2.05) is 0 Å². The zero-order chi connectivity index (χ0) is 10.6. The molecule has 0 saturated heterocycles. The maximum Gasteiger partial charge on any atom is 0.329 e. The van der Waals surface area contributed by atoms with Gasteiger partial charge in [0.2, 0.25) is 5.91 Å². The highest BCUT2D eigenvalue weighted by Crippen LogP contribution is 2.29. The molecule has 1 saturated carbocycles. The SMILES string of the molecule is CN(CC1CC1)C(=O)COCC(=O)O. The Morgan fingerprint density at radius 2 is 2.07 bits per heavy atom. The van der Waals surface area contributed by atoms with E-state index in [1.165, 1.54) is 12.8 Å². The van der Waals surface area contributed by atoms with Gasteiger partial charge >= 0.3 is 5.97 Å². The molecule has 0 spiro atoms. The number of aliphatic carboxylic acids is 1. The van der Waals surface area contributed by atoms with Crippen LogP contribution in [0.4, 0.5) is 0 Å². The van der Waals surface area contributed by atoms with Gasteiger partial charge in [0.15, 0.2) is 0 Å². The van der Waals surface area contributed by atoms with Gasteiger partial charge < -0.3 is 14.7 Å². The first kappa shape index (κ1) is 11.0. The fourth-order valence-electron chi connectivity index (χ4n) is 1.13. The highest BCUT2D eigenvalue weighted by molar-refractivity contribution is 5.77. The van der Waals surface area contributed by atoms with E-state index in [1.54, 1.807) is 11.9 Å². The number of nitrogens with zero attached hydrogens (tertiary/aromatic N) is 1. The Morgan fingerprint density at radius 1 is 1.43 bits per heavy atom. The molecule has 14 heavy (non-hydrogen) atoms. The summed E-state index contributed by atoms with van der Waals surface area (Å²) < 4.78 is 4.69. The van der Waals surface area contributed by atoms with Crippen LogP contribution in [0.1, 0.15) is 12.8 Å². The van der Waals surface area contributed by atoms with E-state index in [2.05, 4.69) is 4.74 Å². The Hall–Kier alpha value is -1.10. The van der Waals surface area contributed by atoms with Crippen LogP contribution in [0.3, 0.4) is 0 Å². The van der Waals surface area contributed by atoms with Crippen LogP contribution in [0.5, 0.6) is 0 Å². The third-order valence-electron chi connectivity index (χ3n) is 2.11. The first-order valence-corrected chi connectivity index (χ1v) is 4.63. The summed E-state index contributed by atoms with van der Waals surface area (Å²) in [7, 11) is 1.71. The lowest BCUT2D eigenvalue weighted by molar-refractivity contribution is -0.145. The molecule has 5 nitrogen and oxygen atoms in total. The second-order valence-corrected chi connectivity index (χ2v) is 3.60. The Morgan fingerprint density at radius 3 is 2.57 bits per heavy atom. The number of carbonyl (C=O) groups is 2. The molecule has 0 heterocycles. The van der Waals surface area contributed by atoms with E-state index in [4.69, 9.17) is 5.11 Å². The largest absolute Gasteiger partial charge is 0.480 e. The van der Waals surface area contributed by atoms with Gasteiger partial charge in [-0.1, -0.05) is 0 Å². The summed E-state index contributed by atoms with van der Waals surface area (Å²) >= 11 is 0. The molecule has 1 fully saturated rings. The lowest BCUT2D eigenvalue weighted by Crippen LogP contribution is -2.32. The topological polar surface area (TPSA) is 66.8 Å². The zero-order valence-corrected chi connectivity index (χ0v) is 8.23. The van der Waals surface area contributed by atoms with Crippen LogP contribution in [0.2, 0.25) is 0 Å². The van der Waals surface area contributed by atoms with Crippen LogP contribution in [0.15, 0.2) is 0 Å². The molecule has 0 aromatic rings. The summed E-state index contributed by atoms with van der Waals surface area (Å²) in [5.74, 6) is -0.566. The molecule has 0 bridgehead atoms. The number of hydrogen-bond donors (Lipinski definition) is 1. The van der Waals surface area contributed by atoms with E-state index >= 15 is 0 Å². The number of amides is 1. The number of likely N-dealkylation sites (N-methyl/N-ethyl adjacent to an activating group) is 1. The molecule has 5 heteroatoms. The summed E-state index contributed by atoms with van der Waals surface area (Å²) in [5.41, 5.74) is 0. The van der Waals surface area contributed by atoms with Crippen LogP contribution < -0.4 is 0 Å². The maximum absolute atomic E-state index is 11.3. The van der Waals surface area contributed by atoms with Gasteiger partial charge in [-0.15, -0.1) is 0 Å². The lowest BCUT2D eigenvalue weighted by atomic mass is 10.4. The zero-order valence-electron chi connectivity index (χ0n) is 8.23.